The molecule has 0 radical (unpaired) electrons. The summed E-state index contributed by atoms with van der Waals surface area (Å²) in [4.78, 5) is 38.6. The highest BCUT2D eigenvalue weighted by Gasteiger charge is 2.39. The molecule has 0 unspecified atom stereocenters. The molecule has 5 heteroatoms. The van der Waals surface area contributed by atoms with Crippen molar-refractivity contribution < 1.29 is 19.1 Å². The van der Waals surface area contributed by atoms with Gasteiger partial charge in [-0.05, 0) is 29.8 Å². The molecule has 0 aliphatic carbocycles. The van der Waals surface area contributed by atoms with Crippen LogP contribution in [0.1, 0.15) is 26.3 Å². The molecule has 1 N–H and O–H groups in total. The highest BCUT2D eigenvalue weighted by molar-refractivity contribution is 6.06. The third kappa shape index (κ3) is 5.54. The number of carbonyl (C=O) groups is 3. The topological polar surface area (TPSA) is 72.5 Å². The van der Waals surface area contributed by atoms with E-state index in [1.165, 1.54) is 19.3 Å². The Balaban J connectivity index is 2.00. The molecule has 0 heterocycles. The van der Waals surface area contributed by atoms with Crippen LogP contribution in [0.25, 0.3) is 0 Å². The van der Waals surface area contributed by atoms with Crippen LogP contribution in [0.15, 0.2) is 103 Å². The van der Waals surface area contributed by atoms with Crippen molar-refractivity contribution in [2.24, 2.45) is 0 Å². The third-order valence-corrected chi connectivity index (χ3v) is 4.83. The number of benzene rings is 3. The van der Waals surface area contributed by atoms with Gasteiger partial charge in [-0.15, -0.1) is 0 Å². The summed E-state index contributed by atoms with van der Waals surface area (Å²) in [5, 5.41) is 2.80. The predicted molar refractivity (Wildman–Crippen MR) is 119 cm³/mol. The van der Waals surface area contributed by atoms with E-state index in [1.807, 2.05) is 36.4 Å². The van der Waals surface area contributed by atoms with E-state index < -0.39 is 17.4 Å². The number of carbonyl (C=O) groups excluding carboxylic acids is 3. The quantitative estimate of drug-likeness (QED) is 0.344. The zero-order valence-electron chi connectivity index (χ0n) is 17.2. The second-order valence-electron chi connectivity index (χ2n) is 7.01. The highest BCUT2D eigenvalue weighted by Crippen LogP contribution is 2.20. The van der Waals surface area contributed by atoms with Crippen molar-refractivity contribution in [3.8, 4) is 0 Å². The molecule has 0 fully saturated rings. The fourth-order valence-electron chi connectivity index (χ4n) is 3.22. The molecule has 0 bridgehead atoms. The molecule has 3 rings (SSSR count). The van der Waals surface area contributed by atoms with Crippen LogP contribution < -0.4 is 5.32 Å². The summed E-state index contributed by atoms with van der Waals surface area (Å²) in [6.07, 6.45) is 2.85. The zero-order chi connectivity index (χ0) is 22.1. The maximum atomic E-state index is 13.0. The molecule has 156 valence electrons. The van der Waals surface area contributed by atoms with Crippen molar-refractivity contribution in [1.29, 1.82) is 0 Å². The van der Waals surface area contributed by atoms with Crippen molar-refractivity contribution in [1.82, 2.24) is 5.32 Å². The van der Waals surface area contributed by atoms with Gasteiger partial charge in [-0.3, -0.25) is 9.59 Å². The number of methoxy groups -OCH3 is 1. The summed E-state index contributed by atoms with van der Waals surface area (Å²) in [6, 6.07) is 26.5. The number of nitrogens with one attached hydrogen (secondary N) is 1. The number of allylic oxidation sites excluding steroid dienone is 1. The minimum Gasteiger partial charge on any atom is -0.467 e. The van der Waals surface area contributed by atoms with Crippen LogP contribution in [-0.4, -0.2) is 30.3 Å². The SMILES string of the molecule is COC(=O)[C@@](/C=C/C(=O)c1ccccc1)(Cc1ccccc1)NC(=O)c1ccccc1. The molecule has 0 saturated carbocycles. The average Bonchev–Trinajstić information content (AvgIpc) is 2.83. The monoisotopic (exact) mass is 413 g/mol. The number of hydrogen-bond donors (Lipinski definition) is 1. The van der Waals surface area contributed by atoms with Crippen LogP contribution in [0.3, 0.4) is 0 Å². The Labute approximate surface area is 181 Å². The molecule has 1 atom stereocenters. The maximum Gasteiger partial charge on any atom is 0.336 e. The number of esters is 1. The molecule has 0 spiro atoms. The summed E-state index contributed by atoms with van der Waals surface area (Å²) in [5.41, 5.74) is 0.115. The van der Waals surface area contributed by atoms with Crippen LogP contribution in [0.5, 0.6) is 0 Å². The van der Waals surface area contributed by atoms with Gasteiger partial charge < -0.3 is 10.1 Å². The van der Waals surface area contributed by atoms with E-state index >= 15 is 0 Å². The van der Waals surface area contributed by atoms with E-state index in [-0.39, 0.29) is 12.2 Å². The van der Waals surface area contributed by atoms with E-state index in [0.29, 0.717) is 11.1 Å². The van der Waals surface area contributed by atoms with Crippen molar-refractivity contribution in [2.45, 2.75) is 12.0 Å². The Kier molecular flexibility index (Phi) is 7.12. The van der Waals surface area contributed by atoms with Crippen LogP contribution >= 0.6 is 0 Å². The molecular weight excluding hydrogens is 390 g/mol. The fraction of sp³-hybridized carbons (Fsp3) is 0.115. The van der Waals surface area contributed by atoms with Crippen molar-refractivity contribution in [3.63, 3.8) is 0 Å². The summed E-state index contributed by atoms with van der Waals surface area (Å²) in [7, 11) is 1.25. The lowest BCUT2D eigenvalue weighted by Crippen LogP contribution is -2.55. The van der Waals surface area contributed by atoms with Gasteiger partial charge in [-0.1, -0.05) is 78.9 Å². The summed E-state index contributed by atoms with van der Waals surface area (Å²) in [5.74, 6) is -1.40. The molecule has 3 aromatic carbocycles. The van der Waals surface area contributed by atoms with Gasteiger partial charge >= 0.3 is 5.97 Å². The summed E-state index contributed by atoms with van der Waals surface area (Å²) < 4.78 is 5.05. The lowest BCUT2D eigenvalue weighted by Gasteiger charge is -2.29. The average molecular weight is 413 g/mol. The Morgan fingerprint density at radius 1 is 0.806 bits per heavy atom. The van der Waals surface area contributed by atoms with Gasteiger partial charge in [-0.25, -0.2) is 4.79 Å². The first-order valence-corrected chi connectivity index (χ1v) is 9.82. The summed E-state index contributed by atoms with van der Waals surface area (Å²) >= 11 is 0. The second kappa shape index (κ2) is 10.2. The third-order valence-electron chi connectivity index (χ3n) is 4.83. The van der Waals surface area contributed by atoms with Crippen molar-refractivity contribution >= 4 is 17.7 Å². The van der Waals surface area contributed by atoms with Gasteiger partial charge in [0.25, 0.3) is 5.91 Å². The minimum atomic E-state index is -1.56. The zero-order valence-corrected chi connectivity index (χ0v) is 17.2. The molecule has 1 amide bonds. The van der Waals surface area contributed by atoms with E-state index in [1.54, 1.807) is 54.6 Å². The molecule has 0 aromatic heterocycles. The van der Waals surface area contributed by atoms with Crippen LogP contribution in [0.2, 0.25) is 0 Å². The smallest absolute Gasteiger partial charge is 0.336 e. The lowest BCUT2D eigenvalue weighted by atomic mass is 9.88. The maximum absolute atomic E-state index is 13.0. The van der Waals surface area contributed by atoms with Gasteiger partial charge in [-0.2, -0.15) is 0 Å². The molecule has 0 aliphatic heterocycles. The summed E-state index contributed by atoms with van der Waals surface area (Å²) in [6.45, 7) is 0. The first-order chi connectivity index (χ1) is 15.0. The largest absolute Gasteiger partial charge is 0.467 e. The first-order valence-electron chi connectivity index (χ1n) is 9.82. The van der Waals surface area contributed by atoms with Gasteiger partial charge in [0.15, 0.2) is 11.3 Å². The van der Waals surface area contributed by atoms with Crippen LogP contribution in [0.4, 0.5) is 0 Å². The number of ketones is 1. The highest BCUT2D eigenvalue weighted by atomic mass is 16.5. The van der Waals surface area contributed by atoms with Gasteiger partial charge in [0, 0.05) is 17.5 Å². The molecule has 31 heavy (non-hydrogen) atoms. The van der Waals surface area contributed by atoms with Crippen LogP contribution in [-0.2, 0) is 16.0 Å². The van der Waals surface area contributed by atoms with E-state index in [0.717, 1.165) is 5.56 Å². The van der Waals surface area contributed by atoms with Gasteiger partial charge in [0.05, 0.1) is 7.11 Å². The molecular formula is C26H23NO4. The number of ether oxygens (including phenoxy) is 1. The predicted octanol–water partition coefficient (Wildman–Crippen LogP) is 4.01. The Morgan fingerprint density at radius 2 is 1.32 bits per heavy atom. The Morgan fingerprint density at radius 3 is 1.87 bits per heavy atom. The molecule has 0 aliphatic rings. The van der Waals surface area contributed by atoms with Crippen molar-refractivity contribution in [2.75, 3.05) is 7.11 Å². The second-order valence-corrected chi connectivity index (χ2v) is 7.01. The van der Waals surface area contributed by atoms with E-state index in [2.05, 4.69) is 5.32 Å². The van der Waals surface area contributed by atoms with E-state index in [9.17, 15) is 14.4 Å². The standard InChI is InChI=1S/C26H23NO4/c1-31-25(30)26(19-20-11-5-2-6-12-20,27-24(29)22-15-9-4-10-16-22)18-17-23(28)21-13-7-3-8-14-21/h2-18H,19H2,1H3,(H,27,29)/b18-17+/t26-/m1/s1. The first kappa shape index (κ1) is 21.7. The number of rotatable bonds is 8. The van der Waals surface area contributed by atoms with E-state index in [4.69, 9.17) is 4.74 Å². The van der Waals surface area contributed by atoms with Gasteiger partial charge in [0.1, 0.15) is 0 Å². The Bertz CT molecular complexity index is 1060. The minimum absolute atomic E-state index is 0.123. The normalized spacial score (nSPS) is 12.7. The fourth-order valence-corrected chi connectivity index (χ4v) is 3.22. The molecule has 0 saturated heterocycles. The number of hydrogen-bond acceptors (Lipinski definition) is 4. The molecule has 5 nitrogen and oxygen atoms in total. The lowest BCUT2D eigenvalue weighted by molar-refractivity contribution is -0.146. The van der Waals surface area contributed by atoms with Crippen LogP contribution in [0, 0.1) is 0 Å². The molecule has 3 aromatic rings. The number of amides is 1. The Hall–Kier alpha value is -3.99. The van der Waals surface area contributed by atoms with Gasteiger partial charge in [0.2, 0.25) is 0 Å². The van der Waals surface area contributed by atoms with Crippen molar-refractivity contribution in [3.05, 3.63) is 120 Å².